The van der Waals surface area contributed by atoms with Crippen LogP contribution in [0.5, 0.6) is 0 Å². The summed E-state index contributed by atoms with van der Waals surface area (Å²) in [4.78, 5) is 0. The van der Waals surface area contributed by atoms with E-state index in [1.54, 1.807) is 6.20 Å². The van der Waals surface area contributed by atoms with Crippen LogP contribution in [0.4, 0.5) is 0 Å². The second-order valence-corrected chi connectivity index (χ2v) is 1.38. The number of hydrogen-bond donors (Lipinski definition) is 0. The fourth-order valence-electron chi connectivity index (χ4n) is 0.421. The van der Waals surface area contributed by atoms with Crippen LogP contribution >= 0.6 is 0 Å². The molecule has 0 saturated heterocycles. The van der Waals surface area contributed by atoms with Gasteiger partial charge >= 0.3 is 0 Å². The van der Waals surface area contributed by atoms with Crippen LogP contribution in [0.25, 0.3) is 0 Å². The van der Waals surface area contributed by atoms with Crippen LogP contribution in [-0.4, -0.2) is 9.78 Å². The van der Waals surface area contributed by atoms with Crippen molar-refractivity contribution in [3.63, 3.8) is 0 Å². The van der Waals surface area contributed by atoms with Gasteiger partial charge in [-0.25, -0.2) is 0 Å². The minimum atomic E-state index is 0.542. The summed E-state index contributed by atoms with van der Waals surface area (Å²) in [6.45, 7) is 0. The summed E-state index contributed by atoms with van der Waals surface area (Å²) in [5, 5.41) is 11.9. The van der Waals surface area contributed by atoms with E-state index in [2.05, 4.69) is 12.1 Å². The van der Waals surface area contributed by atoms with Crippen LogP contribution < -0.4 is 0 Å². The third-order valence-electron chi connectivity index (χ3n) is 0.762. The molecule has 0 amide bonds. The third-order valence-corrected chi connectivity index (χ3v) is 0.762. The summed E-state index contributed by atoms with van der Waals surface area (Å²) in [5.74, 6) is 0. The van der Waals surface area contributed by atoms with E-state index in [0.717, 1.165) is 0 Å². The molecule has 1 heterocycles. The first-order valence-corrected chi connectivity index (χ1v) is 2.08. The molecule has 1 rings (SSSR count). The standard InChI is InChI=1S/C5H4N3/c1-8-4-5(2-6)3-7-8/h3-4H,1H2. The van der Waals surface area contributed by atoms with E-state index < -0.39 is 0 Å². The van der Waals surface area contributed by atoms with Crippen LogP contribution in [-0.2, 0) is 0 Å². The maximum absolute atomic E-state index is 8.22. The first-order chi connectivity index (χ1) is 3.83. The van der Waals surface area contributed by atoms with Crippen molar-refractivity contribution in [3.8, 4) is 6.07 Å². The highest BCUT2D eigenvalue weighted by Gasteiger charge is 1.88. The molecule has 0 aliphatic heterocycles. The van der Waals surface area contributed by atoms with Gasteiger partial charge in [0, 0.05) is 6.20 Å². The van der Waals surface area contributed by atoms with Crippen molar-refractivity contribution in [3.05, 3.63) is 25.0 Å². The monoisotopic (exact) mass is 106 g/mol. The lowest BCUT2D eigenvalue weighted by Gasteiger charge is -1.77. The average Bonchev–Trinajstić information content (AvgIpc) is 2.14. The number of aromatic nitrogens is 2. The van der Waals surface area contributed by atoms with E-state index in [-0.39, 0.29) is 0 Å². The van der Waals surface area contributed by atoms with Gasteiger partial charge in [0.05, 0.1) is 18.8 Å². The molecule has 0 aliphatic rings. The van der Waals surface area contributed by atoms with Gasteiger partial charge < -0.3 is 0 Å². The van der Waals surface area contributed by atoms with E-state index in [1.165, 1.54) is 10.9 Å². The van der Waals surface area contributed by atoms with E-state index >= 15 is 0 Å². The molecule has 0 fully saturated rings. The molecule has 0 aliphatic carbocycles. The van der Waals surface area contributed by atoms with Crippen molar-refractivity contribution in [1.82, 2.24) is 9.78 Å². The van der Waals surface area contributed by atoms with E-state index in [4.69, 9.17) is 5.26 Å². The first-order valence-electron chi connectivity index (χ1n) is 2.08. The van der Waals surface area contributed by atoms with Crippen LogP contribution in [0.3, 0.4) is 0 Å². The zero-order valence-corrected chi connectivity index (χ0v) is 4.20. The summed E-state index contributed by atoms with van der Waals surface area (Å²) in [6, 6.07) is 1.92. The van der Waals surface area contributed by atoms with Crippen LogP contribution in [0.1, 0.15) is 5.56 Å². The summed E-state index contributed by atoms with van der Waals surface area (Å²) < 4.78 is 1.35. The molecule has 0 saturated carbocycles. The Morgan fingerprint density at radius 2 is 2.62 bits per heavy atom. The predicted octanol–water partition coefficient (Wildman–Crippen LogP) is 0.394. The molecule has 39 valence electrons. The van der Waals surface area contributed by atoms with Crippen molar-refractivity contribution in [1.29, 1.82) is 5.26 Å². The summed E-state index contributed by atoms with van der Waals surface area (Å²) >= 11 is 0. The Morgan fingerprint density at radius 1 is 1.88 bits per heavy atom. The lowest BCUT2D eigenvalue weighted by molar-refractivity contribution is 0.877. The number of rotatable bonds is 0. The van der Waals surface area contributed by atoms with Gasteiger partial charge in [-0.2, -0.15) is 10.4 Å². The summed E-state index contributed by atoms with van der Waals surface area (Å²) in [6.07, 6.45) is 3.02. The van der Waals surface area contributed by atoms with Crippen LogP contribution in [0, 0.1) is 18.4 Å². The van der Waals surface area contributed by atoms with Gasteiger partial charge in [0.1, 0.15) is 6.07 Å². The normalized spacial score (nSPS) is 8.50. The number of hydrogen-bond acceptors (Lipinski definition) is 2. The zero-order valence-electron chi connectivity index (χ0n) is 4.20. The minimum Gasteiger partial charge on any atom is -0.270 e. The highest BCUT2D eigenvalue weighted by molar-refractivity contribution is 5.21. The fraction of sp³-hybridized carbons (Fsp3) is 0. The molecule has 3 nitrogen and oxygen atoms in total. The molecule has 1 radical (unpaired) electrons. The molecule has 8 heavy (non-hydrogen) atoms. The van der Waals surface area contributed by atoms with Crippen molar-refractivity contribution in [2.45, 2.75) is 0 Å². The van der Waals surface area contributed by atoms with E-state index in [0.29, 0.717) is 5.56 Å². The molecule has 0 bridgehead atoms. The second kappa shape index (κ2) is 1.66. The quantitative estimate of drug-likeness (QED) is 0.480. The van der Waals surface area contributed by atoms with Gasteiger partial charge in [-0.05, 0) is 0 Å². The van der Waals surface area contributed by atoms with E-state index in [9.17, 15) is 0 Å². The molecule has 0 N–H and O–H groups in total. The molecule has 3 heteroatoms. The van der Waals surface area contributed by atoms with Crippen molar-refractivity contribution < 1.29 is 0 Å². The Hall–Kier alpha value is -1.30. The summed E-state index contributed by atoms with van der Waals surface area (Å²) in [5.41, 5.74) is 0.542. The Balaban J connectivity index is 3.05. The molecule has 0 spiro atoms. The SMILES string of the molecule is [CH2]n1cc(C#N)cn1. The smallest absolute Gasteiger partial charge is 0.102 e. The predicted molar refractivity (Wildman–Crippen MR) is 27.7 cm³/mol. The van der Waals surface area contributed by atoms with Gasteiger partial charge in [-0.15, -0.1) is 0 Å². The lowest BCUT2D eigenvalue weighted by Crippen LogP contribution is -1.80. The fourth-order valence-corrected chi connectivity index (χ4v) is 0.421. The lowest BCUT2D eigenvalue weighted by atomic mass is 10.4. The maximum atomic E-state index is 8.22. The molecule has 1 aromatic heterocycles. The molecule has 1 aromatic rings. The third kappa shape index (κ3) is 0.684. The highest BCUT2D eigenvalue weighted by Crippen LogP contribution is 1.90. The van der Waals surface area contributed by atoms with Crippen LogP contribution in [0.15, 0.2) is 12.4 Å². The number of nitrogens with zero attached hydrogens (tertiary/aromatic N) is 3. The first kappa shape index (κ1) is 4.85. The Bertz CT molecular complexity index is 218. The molecular formula is C5H4N3. The van der Waals surface area contributed by atoms with Gasteiger partial charge in [-0.3, -0.25) is 4.68 Å². The average molecular weight is 106 g/mol. The second-order valence-electron chi connectivity index (χ2n) is 1.38. The topological polar surface area (TPSA) is 41.6 Å². The minimum absolute atomic E-state index is 0.542. The molecule has 0 atom stereocenters. The van der Waals surface area contributed by atoms with Gasteiger partial charge in [0.2, 0.25) is 0 Å². The molecular weight excluding hydrogens is 102 g/mol. The van der Waals surface area contributed by atoms with E-state index in [1.807, 2.05) is 6.07 Å². The highest BCUT2D eigenvalue weighted by atomic mass is 15.2. The van der Waals surface area contributed by atoms with Gasteiger partial charge in [0.15, 0.2) is 0 Å². The maximum Gasteiger partial charge on any atom is 0.102 e. The van der Waals surface area contributed by atoms with Gasteiger partial charge in [-0.1, -0.05) is 0 Å². The van der Waals surface area contributed by atoms with Crippen molar-refractivity contribution in [2.75, 3.05) is 0 Å². The Kier molecular flexibility index (Phi) is 1.01. The van der Waals surface area contributed by atoms with Crippen LogP contribution in [0.2, 0.25) is 0 Å². The Labute approximate surface area is 47.2 Å². The Morgan fingerprint density at radius 3 is 2.88 bits per heavy atom. The van der Waals surface area contributed by atoms with Crippen molar-refractivity contribution >= 4 is 0 Å². The van der Waals surface area contributed by atoms with Crippen molar-refractivity contribution in [2.24, 2.45) is 0 Å². The zero-order chi connectivity index (χ0) is 5.98. The van der Waals surface area contributed by atoms with Gasteiger partial charge in [0.25, 0.3) is 0 Å². The molecule has 0 aromatic carbocycles. The number of nitriles is 1. The largest absolute Gasteiger partial charge is 0.270 e. The summed E-state index contributed by atoms with van der Waals surface area (Å²) in [7, 11) is 3.44. The molecule has 0 unspecified atom stereocenters.